The molecule has 0 bridgehead atoms. The van der Waals surface area contributed by atoms with E-state index in [-0.39, 0.29) is 39.8 Å². The van der Waals surface area contributed by atoms with Crippen molar-refractivity contribution in [2.24, 2.45) is 20.5 Å². The molecule has 0 heterocycles. The Morgan fingerprint density at radius 1 is 0.467 bits per heavy atom. The average molecular weight is 828 g/mol. The van der Waals surface area contributed by atoms with Crippen LogP contribution in [0.2, 0.25) is 10.0 Å². The molecule has 8 aromatic rings. The van der Waals surface area contributed by atoms with Crippen LogP contribution in [-0.4, -0.2) is 27.8 Å². The van der Waals surface area contributed by atoms with Crippen LogP contribution in [0.25, 0.3) is 32.7 Å². The topological polar surface area (TPSA) is 165 Å². The molecule has 0 fully saturated rings. The molecule has 13 heteroatoms. The third-order valence-corrected chi connectivity index (χ3v) is 10.5. The number of ketones is 1. The molecule has 1 aliphatic rings. The van der Waals surface area contributed by atoms with E-state index >= 15 is 0 Å². The third kappa shape index (κ3) is 7.19. The predicted molar refractivity (Wildman–Crippen MR) is 234 cm³/mol. The lowest BCUT2D eigenvalue weighted by atomic mass is 10.0. The van der Waals surface area contributed by atoms with Gasteiger partial charge in [-0.25, -0.2) is 0 Å². The van der Waals surface area contributed by atoms with Gasteiger partial charge in [0.25, 0.3) is 11.8 Å². The van der Waals surface area contributed by atoms with Crippen molar-refractivity contribution in [3.05, 3.63) is 178 Å². The fourth-order valence-electron chi connectivity index (χ4n) is 7.04. The Morgan fingerprint density at radius 2 is 0.867 bits per heavy atom. The van der Waals surface area contributed by atoms with Crippen LogP contribution in [0.3, 0.4) is 0 Å². The van der Waals surface area contributed by atoms with Crippen molar-refractivity contribution in [2.75, 3.05) is 10.6 Å². The number of hydrogen-bond donors (Lipinski definition) is 4. The van der Waals surface area contributed by atoms with E-state index in [1.165, 1.54) is 0 Å². The van der Waals surface area contributed by atoms with Crippen molar-refractivity contribution in [3.8, 4) is 22.6 Å². The van der Waals surface area contributed by atoms with E-state index in [0.717, 1.165) is 0 Å². The summed E-state index contributed by atoms with van der Waals surface area (Å²) in [4.78, 5) is 40.5. The normalized spacial score (nSPS) is 12.0. The summed E-state index contributed by atoms with van der Waals surface area (Å²) in [6, 6.07) is 40.9. The molecule has 0 saturated carbocycles. The molecule has 9 rings (SSSR count). The number of carbonyl (C=O) groups is 3. The number of azo groups is 2. The molecule has 0 saturated heterocycles. The predicted octanol–water partition coefficient (Wildman–Crippen LogP) is 13.3. The van der Waals surface area contributed by atoms with Gasteiger partial charge >= 0.3 is 0 Å². The van der Waals surface area contributed by atoms with Crippen molar-refractivity contribution in [3.63, 3.8) is 0 Å². The quantitative estimate of drug-likeness (QED) is 0.112. The number of fused-ring (bicyclic) bond motifs is 5. The zero-order chi connectivity index (χ0) is 41.5. The first kappa shape index (κ1) is 37.8. The highest BCUT2D eigenvalue weighted by Crippen LogP contribution is 2.44. The third-order valence-electron chi connectivity index (χ3n) is 10.0. The van der Waals surface area contributed by atoms with Crippen molar-refractivity contribution in [1.29, 1.82) is 0 Å². The summed E-state index contributed by atoms with van der Waals surface area (Å²) >= 11 is 12.0. The standard InChI is InChI=1S/C47H28Cl2N6O5/c48-27-9-13-29(14-10-27)50-46(59)39-21-25-5-1-3-7-33(25)41(44(39)57)54-52-31-17-19-35-36-20-18-32(24-38(36)43(56)37(35)23-31)53-55-42-34-8-4-2-6-26(34)22-40(45(42)58)47(60)51-30-15-11-28(49)12-16-30/h1-24,57-58H,(H,50,59)(H,51,60). The second-order valence-electron chi connectivity index (χ2n) is 13.8. The highest BCUT2D eigenvalue weighted by atomic mass is 35.5. The molecular weight excluding hydrogens is 799 g/mol. The summed E-state index contributed by atoms with van der Waals surface area (Å²) in [6.07, 6.45) is 0. The molecule has 4 N–H and O–H groups in total. The van der Waals surface area contributed by atoms with E-state index in [1.807, 2.05) is 12.1 Å². The Kier molecular flexibility index (Phi) is 9.81. The fraction of sp³-hybridized carbons (Fsp3) is 0. The Morgan fingerprint density at radius 3 is 1.28 bits per heavy atom. The maximum absolute atomic E-state index is 13.8. The monoisotopic (exact) mass is 826 g/mol. The number of nitrogens with one attached hydrogen (secondary N) is 2. The van der Waals surface area contributed by atoms with Crippen LogP contribution >= 0.6 is 23.2 Å². The van der Waals surface area contributed by atoms with Crippen LogP contribution in [0.5, 0.6) is 11.5 Å². The van der Waals surface area contributed by atoms with Gasteiger partial charge in [-0.2, -0.15) is 10.2 Å². The first-order valence-corrected chi connectivity index (χ1v) is 19.2. The van der Waals surface area contributed by atoms with E-state index in [4.69, 9.17) is 23.2 Å². The van der Waals surface area contributed by atoms with Gasteiger partial charge in [-0.3, -0.25) is 14.4 Å². The zero-order valence-corrected chi connectivity index (χ0v) is 32.5. The van der Waals surface area contributed by atoms with Crippen LogP contribution in [0.1, 0.15) is 36.6 Å². The average Bonchev–Trinajstić information content (AvgIpc) is 3.53. The van der Waals surface area contributed by atoms with Gasteiger partial charge in [0.1, 0.15) is 11.4 Å². The van der Waals surface area contributed by atoms with Crippen LogP contribution < -0.4 is 10.6 Å². The molecule has 11 nitrogen and oxygen atoms in total. The van der Waals surface area contributed by atoms with E-state index < -0.39 is 11.8 Å². The summed E-state index contributed by atoms with van der Waals surface area (Å²) < 4.78 is 0. The molecule has 1 aliphatic carbocycles. The first-order chi connectivity index (χ1) is 29.1. The lowest BCUT2D eigenvalue weighted by Gasteiger charge is -2.11. The number of aromatic hydroxyl groups is 2. The SMILES string of the molecule is O=C1c2cc(N=Nc3c(O)c(C(=O)Nc4ccc(Cl)cc4)cc4ccccc34)ccc2-c2ccc(N=Nc3c(O)c(C(=O)Nc4ccc(Cl)cc4)cc4ccccc34)cc21. The molecule has 0 aromatic heterocycles. The summed E-state index contributed by atoms with van der Waals surface area (Å²) in [6.45, 7) is 0. The molecule has 60 heavy (non-hydrogen) atoms. The second-order valence-corrected chi connectivity index (χ2v) is 14.7. The minimum Gasteiger partial charge on any atom is -0.505 e. The maximum atomic E-state index is 13.8. The first-order valence-electron chi connectivity index (χ1n) is 18.4. The van der Waals surface area contributed by atoms with Gasteiger partial charge in [-0.1, -0.05) is 83.9 Å². The number of amides is 2. The molecule has 290 valence electrons. The number of nitrogens with zero attached hydrogens (tertiary/aromatic N) is 4. The molecule has 0 unspecified atom stereocenters. The number of carbonyl (C=O) groups excluding carboxylic acids is 3. The number of benzene rings is 8. The van der Waals surface area contributed by atoms with Crippen LogP contribution in [-0.2, 0) is 0 Å². The molecule has 0 radical (unpaired) electrons. The van der Waals surface area contributed by atoms with E-state index in [2.05, 4.69) is 31.1 Å². The summed E-state index contributed by atoms with van der Waals surface area (Å²) in [7, 11) is 0. The highest BCUT2D eigenvalue weighted by Gasteiger charge is 2.28. The van der Waals surface area contributed by atoms with Gasteiger partial charge in [0, 0.05) is 43.3 Å². The smallest absolute Gasteiger partial charge is 0.259 e. The molecule has 0 atom stereocenters. The van der Waals surface area contributed by atoms with E-state index in [1.54, 1.807) is 133 Å². The van der Waals surface area contributed by atoms with Gasteiger partial charge in [-0.05, 0) is 107 Å². The van der Waals surface area contributed by atoms with Gasteiger partial charge < -0.3 is 20.8 Å². The summed E-state index contributed by atoms with van der Waals surface area (Å²) in [5, 5.41) is 49.3. The lowest BCUT2D eigenvalue weighted by molar-refractivity contribution is 0.101. The Labute approximate surface area is 351 Å². The molecular formula is C47H28Cl2N6O5. The Hall–Kier alpha value is -7.73. The zero-order valence-electron chi connectivity index (χ0n) is 31.0. The van der Waals surface area contributed by atoms with E-state index in [0.29, 0.717) is 76.6 Å². The van der Waals surface area contributed by atoms with Crippen molar-refractivity contribution in [1.82, 2.24) is 0 Å². The van der Waals surface area contributed by atoms with Crippen molar-refractivity contribution >= 4 is 96.5 Å². The number of halogens is 2. The van der Waals surface area contributed by atoms with Gasteiger partial charge in [0.15, 0.2) is 17.3 Å². The Balaban J connectivity index is 0.989. The van der Waals surface area contributed by atoms with Crippen molar-refractivity contribution in [2.45, 2.75) is 0 Å². The number of phenols is 2. The minimum absolute atomic E-state index is 0.000825. The number of anilines is 2. The van der Waals surface area contributed by atoms with E-state index in [9.17, 15) is 24.6 Å². The van der Waals surface area contributed by atoms with Gasteiger partial charge in [0.2, 0.25) is 0 Å². The maximum Gasteiger partial charge on any atom is 0.259 e. The highest BCUT2D eigenvalue weighted by molar-refractivity contribution is 6.31. The fourth-order valence-corrected chi connectivity index (χ4v) is 7.29. The van der Waals surface area contributed by atoms with Crippen LogP contribution in [0, 0.1) is 0 Å². The largest absolute Gasteiger partial charge is 0.505 e. The second kappa shape index (κ2) is 15.6. The summed E-state index contributed by atoms with van der Waals surface area (Å²) in [5.74, 6) is -2.08. The number of phenolic OH excluding ortho intramolecular Hbond substituents is 2. The molecule has 2 amide bonds. The molecule has 0 spiro atoms. The molecule has 0 aliphatic heterocycles. The molecule has 8 aromatic carbocycles. The lowest BCUT2D eigenvalue weighted by Crippen LogP contribution is -2.12. The van der Waals surface area contributed by atoms with Crippen molar-refractivity contribution < 1.29 is 24.6 Å². The van der Waals surface area contributed by atoms with Crippen LogP contribution in [0.4, 0.5) is 34.1 Å². The van der Waals surface area contributed by atoms with Gasteiger partial charge in [-0.15, -0.1) is 10.2 Å². The minimum atomic E-state index is -0.548. The van der Waals surface area contributed by atoms with Crippen LogP contribution in [0.15, 0.2) is 166 Å². The Bertz CT molecular complexity index is 2940. The van der Waals surface area contributed by atoms with Gasteiger partial charge in [0.05, 0.1) is 22.5 Å². The number of rotatable bonds is 8. The summed E-state index contributed by atoms with van der Waals surface area (Å²) in [5.41, 5.74) is 4.02. The number of hydrogen-bond acceptors (Lipinski definition) is 9.